The fourth-order valence-electron chi connectivity index (χ4n) is 1.67. The van der Waals surface area contributed by atoms with Crippen molar-refractivity contribution in [1.29, 1.82) is 0 Å². The largest absolute Gasteiger partial charge is 0.494 e. The maximum absolute atomic E-state index is 12.2. The van der Waals surface area contributed by atoms with Gasteiger partial charge in [-0.25, -0.2) is 13.1 Å². The fourth-order valence-corrected chi connectivity index (χ4v) is 2.95. The Kier molecular flexibility index (Phi) is 7.66. The molecule has 6 nitrogen and oxygen atoms in total. The molecule has 0 aromatic heterocycles. The number of rotatable bonds is 10. The van der Waals surface area contributed by atoms with Gasteiger partial charge in [-0.1, -0.05) is 0 Å². The van der Waals surface area contributed by atoms with Crippen LogP contribution in [0.5, 0.6) is 5.75 Å². The number of nitrogens with two attached hydrogens (primary N) is 1. The highest BCUT2D eigenvalue weighted by Gasteiger charge is 2.17. The molecule has 0 fully saturated rings. The van der Waals surface area contributed by atoms with Gasteiger partial charge in [-0.3, -0.25) is 0 Å². The van der Waals surface area contributed by atoms with Crippen LogP contribution in [0, 0.1) is 0 Å². The first-order chi connectivity index (χ1) is 9.99. The molecule has 1 unspecified atom stereocenters. The van der Waals surface area contributed by atoms with Gasteiger partial charge in [0.25, 0.3) is 0 Å². The van der Waals surface area contributed by atoms with Crippen molar-refractivity contribution in [3.8, 4) is 5.75 Å². The van der Waals surface area contributed by atoms with Crippen LogP contribution in [0.1, 0.15) is 19.8 Å². The van der Waals surface area contributed by atoms with Crippen molar-refractivity contribution in [3.63, 3.8) is 0 Å². The molecule has 0 saturated heterocycles. The number of methoxy groups -OCH3 is 1. The van der Waals surface area contributed by atoms with Crippen molar-refractivity contribution in [2.45, 2.75) is 30.7 Å². The van der Waals surface area contributed by atoms with E-state index in [1.165, 1.54) is 12.1 Å². The first-order valence-corrected chi connectivity index (χ1v) is 8.42. The molecule has 120 valence electrons. The van der Waals surface area contributed by atoms with E-state index >= 15 is 0 Å². The second-order valence-electron chi connectivity index (χ2n) is 4.77. The number of nitrogens with one attached hydrogen (secondary N) is 1. The Balaban J connectivity index is 2.62. The molecular weight excluding hydrogens is 292 g/mol. The second-order valence-corrected chi connectivity index (χ2v) is 6.48. The molecule has 0 spiro atoms. The van der Waals surface area contributed by atoms with Crippen molar-refractivity contribution >= 4 is 10.0 Å². The molecule has 0 aliphatic carbocycles. The summed E-state index contributed by atoms with van der Waals surface area (Å²) in [5.41, 5.74) is 5.38. The molecule has 3 N–H and O–H groups in total. The van der Waals surface area contributed by atoms with Crippen LogP contribution in [0.4, 0.5) is 0 Å². The van der Waals surface area contributed by atoms with E-state index < -0.39 is 10.0 Å². The predicted molar refractivity (Wildman–Crippen MR) is 81.9 cm³/mol. The Morgan fingerprint density at radius 1 is 1.24 bits per heavy atom. The Labute approximate surface area is 126 Å². The van der Waals surface area contributed by atoms with Crippen molar-refractivity contribution < 1.29 is 17.9 Å². The number of hydrogen-bond donors (Lipinski definition) is 2. The van der Waals surface area contributed by atoms with E-state index in [2.05, 4.69) is 4.72 Å². The van der Waals surface area contributed by atoms with E-state index in [0.717, 1.165) is 6.42 Å². The maximum Gasteiger partial charge on any atom is 0.240 e. The fraction of sp³-hybridized carbons (Fsp3) is 0.571. The summed E-state index contributed by atoms with van der Waals surface area (Å²) >= 11 is 0. The van der Waals surface area contributed by atoms with Gasteiger partial charge in [0.2, 0.25) is 10.0 Å². The molecule has 0 radical (unpaired) electrons. The van der Waals surface area contributed by atoms with Crippen LogP contribution < -0.4 is 15.2 Å². The molecule has 21 heavy (non-hydrogen) atoms. The van der Waals surface area contributed by atoms with Crippen LogP contribution in [-0.4, -0.2) is 41.3 Å². The topological polar surface area (TPSA) is 90.6 Å². The van der Waals surface area contributed by atoms with E-state index in [4.69, 9.17) is 15.2 Å². The lowest BCUT2D eigenvalue weighted by molar-refractivity contribution is 0.188. The second kappa shape index (κ2) is 8.99. The van der Waals surface area contributed by atoms with Gasteiger partial charge in [-0.2, -0.15) is 0 Å². The lowest BCUT2D eigenvalue weighted by atomic mass is 10.3. The average Bonchev–Trinajstić information content (AvgIpc) is 2.45. The molecule has 0 saturated carbocycles. The van der Waals surface area contributed by atoms with Gasteiger partial charge in [0.05, 0.1) is 11.5 Å². The van der Waals surface area contributed by atoms with Crippen molar-refractivity contribution in [2.24, 2.45) is 5.73 Å². The molecular formula is C14H24N2O4S. The van der Waals surface area contributed by atoms with E-state index in [1.54, 1.807) is 26.2 Å². The molecule has 0 aliphatic rings. The van der Waals surface area contributed by atoms with E-state index in [-0.39, 0.29) is 10.9 Å². The zero-order valence-electron chi connectivity index (χ0n) is 12.5. The molecule has 0 heterocycles. The summed E-state index contributed by atoms with van der Waals surface area (Å²) in [5, 5.41) is 0. The summed E-state index contributed by atoms with van der Waals surface area (Å²) in [4.78, 5) is 0.220. The third kappa shape index (κ3) is 6.43. The average molecular weight is 316 g/mol. The Hall–Kier alpha value is -1.15. The minimum absolute atomic E-state index is 0.185. The highest BCUT2D eigenvalue weighted by atomic mass is 32.2. The minimum atomic E-state index is -3.51. The summed E-state index contributed by atoms with van der Waals surface area (Å²) in [6.45, 7) is 3.41. The van der Waals surface area contributed by atoms with E-state index in [9.17, 15) is 8.42 Å². The van der Waals surface area contributed by atoms with Crippen LogP contribution in [-0.2, 0) is 14.8 Å². The number of sulfonamides is 1. The molecule has 0 amide bonds. The molecule has 7 heteroatoms. The van der Waals surface area contributed by atoms with Gasteiger partial charge in [0.15, 0.2) is 0 Å². The van der Waals surface area contributed by atoms with Crippen LogP contribution >= 0.6 is 0 Å². The SMILES string of the molecule is COCCC(C)NS(=O)(=O)c1ccc(OCCCN)cc1. The predicted octanol–water partition coefficient (Wildman–Crippen LogP) is 1.12. The zero-order valence-corrected chi connectivity index (χ0v) is 13.4. The normalized spacial score (nSPS) is 13.1. The first-order valence-electron chi connectivity index (χ1n) is 6.94. The summed E-state index contributed by atoms with van der Waals surface area (Å²) < 4.78 is 37.3. The van der Waals surface area contributed by atoms with Crippen LogP contribution in [0.3, 0.4) is 0 Å². The van der Waals surface area contributed by atoms with Gasteiger partial charge in [-0.15, -0.1) is 0 Å². The van der Waals surface area contributed by atoms with Crippen LogP contribution in [0.2, 0.25) is 0 Å². The van der Waals surface area contributed by atoms with E-state index in [0.29, 0.717) is 31.9 Å². The quantitative estimate of drug-likeness (QED) is 0.631. The smallest absolute Gasteiger partial charge is 0.240 e. The lowest BCUT2D eigenvalue weighted by Crippen LogP contribution is -2.33. The minimum Gasteiger partial charge on any atom is -0.494 e. The maximum atomic E-state index is 12.2. The van der Waals surface area contributed by atoms with Crippen molar-refractivity contribution in [2.75, 3.05) is 26.9 Å². The van der Waals surface area contributed by atoms with E-state index in [1.807, 2.05) is 0 Å². The molecule has 1 aromatic rings. The first kappa shape index (κ1) is 17.9. The van der Waals surface area contributed by atoms with Crippen LogP contribution in [0.15, 0.2) is 29.2 Å². The molecule has 1 atom stereocenters. The summed E-state index contributed by atoms with van der Waals surface area (Å²) in [6, 6.07) is 6.16. The summed E-state index contributed by atoms with van der Waals surface area (Å²) in [5.74, 6) is 0.634. The number of hydrogen-bond acceptors (Lipinski definition) is 5. The Morgan fingerprint density at radius 3 is 2.48 bits per heavy atom. The Bertz CT molecular complexity index is 502. The van der Waals surface area contributed by atoms with Crippen molar-refractivity contribution in [3.05, 3.63) is 24.3 Å². The zero-order chi connectivity index (χ0) is 15.7. The number of ether oxygens (including phenoxy) is 2. The van der Waals surface area contributed by atoms with Gasteiger partial charge < -0.3 is 15.2 Å². The summed E-state index contributed by atoms with van der Waals surface area (Å²) in [6.07, 6.45) is 1.38. The highest BCUT2D eigenvalue weighted by Crippen LogP contribution is 2.16. The standard InChI is InChI=1S/C14H24N2O4S/c1-12(8-11-19-2)16-21(17,18)14-6-4-13(5-7-14)20-10-3-9-15/h4-7,12,16H,3,8-11,15H2,1-2H3. The molecule has 1 aromatic carbocycles. The molecule has 0 bridgehead atoms. The molecule has 1 rings (SSSR count). The third-order valence-electron chi connectivity index (χ3n) is 2.86. The van der Waals surface area contributed by atoms with Gasteiger partial charge in [-0.05, 0) is 50.6 Å². The summed E-state index contributed by atoms with van der Waals surface area (Å²) in [7, 11) is -1.93. The number of benzene rings is 1. The third-order valence-corrected chi connectivity index (χ3v) is 4.47. The monoisotopic (exact) mass is 316 g/mol. The van der Waals surface area contributed by atoms with Gasteiger partial charge in [0, 0.05) is 19.8 Å². The highest BCUT2D eigenvalue weighted by molar-refractivity contribution is 7.89. The lowest BCUT2D eigenvalue weighted by Gasteiger charge is -2.14. The molecule has 0 aliphatic heterocycles. The van der Waals surface area contributed by atoms with Crippen LogP contribution in [0.25, 0.3) is 0 Å². The van der Waals surface area contributed by atoms with Crippen molar-refractivity contribution in [1.82, 2.24) is 4.72 Å². The van der Waals surface area contributed by atoms with Gasteiger partial charge in [0.1, 0.15) is 5.75 Å². The Morgan fingerprint density at radius 2 is 1.90 bits per heavy atom. The van der Waals surface area contributed by atoms with Gasteiger partial charge >= 0.3 is 0 Å².